The number of thiazole rings is 1. The first-order chi connectivity index (χ1) is 6.24. The molecule has 0 aliphatic carbocycles. The van der Waals surface area contributed by atoms with E-state index in [0.717, 1.165) is 15.5 Å². The summed E-state index contributed by atoms with van der Waals surface area (Å²) in [5.74, 6) is 0. The Kier molecular flexibility index (Phi) is 1.77. The third kappa shape index (κ3) is 1.10. The minimum atomic E-state index is 0.592. The maximum atomic E-state index is 8.62. The van der Waals surface area contributed by atoms with Crippen LogP contribution in [0.15, 0.2) is 11.5 Å². The molecule has 2 rings (SSSR count). The van der Waals surface area contributed by atoms with Crippen LogP contribution in [0.3, 0.4) is 0 Å². The predicted octanol–water partition coefficient (Wildman–Crippen LogP) is 1.30. The SMILES string of the molecule is CC(=NO)c1sc2ncnn2c1C. The molecule has 0 amide bonds. The van der Waals surface area contributed by atoms with Crippen LogP contribution in [0.5, 0.6) is 0 Å². The summed E-state index contributed by atoms with van der Waals surface area (Å²) in [5.41, 5.74) is 1.54. The Labute approximate surface area is 78.3 Å². The first kappa shape index (κ1) is 8.18. The molecule has 0 saturated carbocycles. The van der Waals surface area contributed by atoms with Crippen molar-refractivity contribution in [3.05, 3.63) is 16.9 Å². The van der Waals surface area contributed by atoms with E-state index in [4.69, 9.17) is 5.21 Å². The highest BCUT2D eigenvalue weighted by Gasteiger charge is 2.12. The largest absolute Gasteiger partial charge is 0.411 e. The molecule has 2 aromatic heterocycles. The number of fused-ring (bicyclic) bond motifs is 1. The van der Waals surface area contributed by atoms with Crippen LogP contribution in [-0.4, -0.2) is 25.5 Å². The number of hydrogen-bond donors (Lipinski definition) is 1. The van der Waals surface area contributed by atoms with Crippen molar-refractivity contribution in [3.63, 3.8) is 0 Å². The van der Waals surface area contributed by atoms with Gasteiger partial charge in [0.25, 0.3) is 0 Å². The van der Waals surface area contributed by atoms with Crippen LogP contribution in [0, 0.1) is 6.92 Å². The van der Waals surface area contributed by atoms with Gasteiger partial charge in [0, 0.05) is 0 Å². The first-order valence-corrected chi connectivity index (χ1v) is 4.54. The quantitative estimate of drug-likeness (QED) is 0.425. The molecular formula is C7H8N4OS. The summed E-state index contributed by atoms with van der Waals surface area (Å²) in [7, 11) is 0. The summed E-state index contributed by atoms with van der Waals surface area (Å²) in [4.78, 5) is 5.78. The van der Waals surface area contributed by atoms with Gasteiger partial charge in [-0.05, 0) is 13.8 Å². The third-order valence-electron chi connectivity index (χ3n) is 1.83. The molecular weight excluding hydrogens is 188 g/mol. The molecule has 1 N–H and O–H groups in total. The standard InChI is InChI=1S/C7H8N4OS/c1-4(10-12)6-5(2)11-7(13-6)8-3-9-11/h3,12H,1-2H3. The van der Waals surface area contributed by atoms with Gasteiger partial charge in [-0.3, -0.25) is 0 Å². The lowest BCUT2D eigenvalue weighted by Gasteiger charge is -1.93. The van der Waals surface area contributed by atoms with Gasteiger partial charge in [0.1, 0.15) is 6.33 Å². The highest BCUT2D eigenvalue weighted by molar-refractivity contribution is 7.19. The molecule has 2 aromatic rings. The normalized spacial score (nSPS) is 12.6. The lowest BCUT2D eigenvalue weighted by Crippen LogP contribution is -1.96. The Bertz CT molecular complexity index is 470. The maximum Gasteiger partial charge on any atom is 0.212 e. The minimum absolute atomic E-state index is 0.592. The second-order valence-corrected chi connectivity index (χ2v) is 3.63. The van der Waals surface area contributed by atoms with Crippen LogP contribution in [-0.2, 0) is 0 Å². The molecule has 2 heterocycles. The summed E-state index contributed by atoms with van der Waals surface area (Å²) in [5, 5.41) is 15.8. The summed E-state index contributed by atoms with van der Waals surface area (Å²) in [6.07, 6.45) is 1.51. The van der Waals surface area contributed by atoms with Gasteiger partial charge in [-0.25, -0.2) is 9.50 Å². The summed E-state index contributed by atoms with van der Waals surface area (Å²) >= 11 is 1.46. The third-order valence-corrected chi connectivity index (χ3v) is 3.09. The van der Waals surface area contributed by atoms with Crippen molar-refractivity contribution in [1.82, 2.24) is 14.6 Å². The van der Waals surface area contributed by atoms with Crippen molar-refractivity contribution < 1.29 is 5.21 Å². The summed E-state index contributed by atoms with van der Waals surface area (Å²) < 4.78 is 1.73. The van der Waals surface area contributed by atoms with Crippen LogP contribution < -0.4 is 0 Å². The summed E-state index contributed by atoms with van der Waals surface area (Å²) in [6.45, 7) is 3.67. The fourth-order valence-electron chi connectivity index (χ4n) is 1.17. The number of nitrogens with zero attached hydrogens (tertiary/aromatic N) is 4. The van der Waals surface area contributed by atoms with Crippen LogP contribution in [0.2, 0.25) is 0 Å². The predicted molar refractivity (Wildman–Crippen MR) is 49.6 cm³/mol. The molecule has 5 nitrogen and oxygen atoms in total. The van der Waals surface area contributed by atoms with E-state index in [9.17, 15) is 0 Å². The zero-order valence-corrected chi connectivity index (χ0v) is 8.04. The molecule has 68 valence electrons. The Morgan fingerprint density at radius 1 is 1.69 bits per heavy atom. The second kappa shape index (κ2) is 2.81. The average Bonchev–Trinajstić information content (AvgIpc) is 2.68. The lowest BCUT2D eigenvalue weighted by atomic mass is 10.3. The minimum Gasteiger partial charge on any atom is -0.411 e. The smallest absolute Gasteiger partial charge is 0.212 e. The van der Waals surface area contributed by atoms with Crippen molar-refractivity contribution in [2.24, 2.45) is 5.16 Å². The van der Waals surface area contributed by atoms with Gasteiger partial charge >= 0.3 is 0 Å². The molecule has 0 unspecified atom stereocenters. The molecule has 0 radical (unpaired) electrons. The fraction of sp³-hybridized carbons (Fsp3) is 0.286. The number of oxime groups is 1. The Morgan fingerprint density at radius 3 is 3.08 bits per heavy atom. The molecule has 6 heteroatoms. The number of aromatic nitrogens is 3. The Hall–Kier alpha value is -1.43. The van der Waals surface area contributed by atoms with E-state index in [-0.39, 0.29) is 0 Å². The zero-order chi connectivity index (χ0) is 9.42. The lowest BCUT2D eigenvalue weighted by molar-refractivity contribution is 0.319. The number of hydrogen-bond acceptors (Lipinski definition) is 5. The van der Waals surface area contributed by atoms with E-state index in [0.29, 0.717) is 5.71 Å². The van der Waals surface area contributed by atoms with Gasteiger partial charge in [0.15, 0.2) is 0 Å². The van der Waals surface area contributed by atoms with Gasteiger partial charge in [-0.1, -0.05) is 16.5 Å². The molecule has 0 spiro atoms. The first-order valence-electron chi connectivity index (χ1n) is 3.72. The van der Waals surface area contributed by atoms with Crippen molar-refractivity contribution in [2.45, 2.75) is 13.8 Å². The highest BCUT2D eigenvalue weighted by Crippen LogP contribution is 2.20. The van der Waals surface area contributed by atoms with Gasteiger partial charge < -0.3 is 5.21 Å². The van der Waals surface area contributed by atoms with Crippen LogP contribution >= 0.6 is 11.3 Å². The molecule has 0 bridgehead atoms. The Balaban J connectivity index is 2.71. The van der Waals surface area contributed by atoms with E-state index >= 15 is 0 Å². The molecule has 0 aliphatic rings. The van der Waals surface area contributed by atoms with E-state index in [2.05, 4.69) is 15.2 Å². The fourth-order valence-corrected chi connectivity index (χ4v) is 2.15. The summed E-state index contributed by atoms with van der Waals surface area (Å²) in [6, 6.07) is 0. The van der Waals surface area contributed by atoms with Crippen molar-refractivity contribution >= 4 is 22.0 Å². The molecule has 13 heavy (non-hydrogen) atoms. The monoisotopic (exact) mass is 196 g/mol. The number of aryl methyl sites for hydroxylation is 1. The van der Waals surface area contributed by atoms with Gasteiger partial charge in [-0.2, -0.15) is 5.10 Å². The van der Waals surface area contributed by atoms with E-state index in [1.807, 2.05) is 6.92 Å². The zero-order valence-electron chi connectivity index (χ0n) is 7.22. The van der Waals surface area contributed by atoms with Crippen LogP contribution in [0.25, 0.3) is 4.96 Å². The number of rotatable bonds is 1. The van der Waals surface area contributed by atoms with Gasteiger partial charge in [0.2, 0.25) is 4.96 Å². The highest BCUT2D eigenvalue weighted by atomic mass is 32.1. The maximum absolute atomic E-state index is 8.62. The van der Waals surface area contributed by atoms with E-state index < -0.39 is 0 Å². The topological polar surface area (TPSA) is 62.8 Å². The van der Waals surface area contributed by atoms with E-state index in [1.54, 1.807) is 11.4 Å². The Morgan fingerprint density at radius 2 is 2.46 bits per heavy atom. The molecule has 0 fully saturated rings. The van der Waals surface area contributed by atoms with Crippen molar-refractivity contribution in [2.75, 3.05) is 0 Å². The van der Waals surface area contributed by atoms with Gasteiger partial charge in [0.05, 0.1) is 16.3 Å². The molecule has 0 aliphatic heterocycles. The van der Waals surface area contributed by atoms with Gasteiger partial charge in [-0.15, -0.1) is 0 Å². The van der Waals surface area contributed by atoms with Crippen molar-refractivity contribution in [1.29, 1.82) is 0 Å². The van der Waals surface area contributed by atoms with E-state index in [1.165, 1.54) is 17.7 Å². The van der Waals surface area contributed by atoms with Crippen LogP contribution in [0.4, 0.5) is 0 Å². The van der Waals surface area contributed by atoms with Crippen molar-refractivity contribution in [3.8, 4) is 0 Å². The van der Waals surface area contributed by atoms with Crippen LogP contribution in [0.1, 0.15) is 17.5 Å². The molecule has 0 aromatic carbocycles. The molecule has 0 atom stereocenters. The average molecular weight is 196 g/mol. The second-order valence-electron chi connectivity index (χ2n) is 2.66. The molecule has 0 saturated heterocycles.